The molecule has 2 atom stereocenters. The Morgan fingerprint density at radius 3 is 3.17 bits per heavy atom. The topological polar surface area (TPSA) is 46.2 Å². The summed E-state index contributed by atoms with van der Waals surface area (Å²) in [6, 6.07) is 4.08. The van der Waals surface area contributed by atoms with Gasteiger partial charge in [-0.2, -0.15) is 5.26 Å². The van der Waals surface area contributed by atoms with Crippen molar-refractivity contribution in [3.8, 4) is 6.07 Å². The van der Waals surface area contributed by atoms with E-state index in [1.807, 2.05) is 6.07 Å². The van der Waals surface area contributed by atoms with Gasteiger partial charge in [0.25, 0.3) is 0 Å². The molecule has 1 fully saturated rings. The minimum Gasteiger partial charge on any atom is -0.472 e. The second-order valence-electron chi connectivity index (χ2n) is 2.87. The van der Waals surface area contributed by atoms with Crippen LogP contribution in [-0.4, -0.2) is 6.61 Å². The van der Waals surface area contributed by atoms with Gasteiger partial charge >= 0.3 is 0 Å². The van der Waals surface area contributed by atoms with E-state index in [0.29, 0.717) is 6.61 Å². The van der Waals surface area contributed by atoms with E-state index in [9.17, 15) is 0 Å². The largest absolute Gasteiger partial charge is 0.472 e. The van der Waals surface area contributed by atoms with Crippen molar-refractivity contribution in [2.75, 3.05) is 6.61 Å². The van der Waals surface area contributed by atoms with Crippen LogP contribution in [0.2, 0.25) is 0 Å². The average molecular weight is 163 g/mol. The first kappa shape index (κ1) is 7.38. The fraction of sp³-hybridized carbons (Fsp3) is 0.444. The Labute approximate surface area is 70.6 Å². The number of ether oxygens (including phenoxy) is 1. The van der Waals surface area contributed by atoms with E-state index in [2.05, 4.69) is 6.07 Å². The Balaban J connectivity index is 2.20. The SMILES string of the molecule is N#CC1CCOC1c1ccoc1. The van der Waals surface area contributed by atoms with E-state index in [-0.39, 0.29) is 12.0 Å². The molecule has 0 N–H and O–H groups in total. The molecular weight excluding hydrogens is 154 g/mol. The molecule has 1 aliphatic rings. The van der Waals surface area contributed by atoms with Crippen LogP contribution in [0.1, 0.15) is 18.1 Å². The fourth-order valence-electron chi connectivity index (χ4n) is 1.49. The molecule has 0 saturated carbocycles. The van der Waals surface area contributed by atoms with Gasteiger partial charge < -0.3 is 9.15 Å². The lowest BCUT2D eigenvalue weighted by molar-refractivity contribution is 0.100. The number of hydrogen-bond acceptors (Lipinski definition) is 3. The second kappa shape index (κ2) is 3.00. The van der Waals surface area contributed by atoms with E-state index in [1.54, 1.807) is 12.5 Å². The average Bonchev–Trinajstić information content (AvgIpc) is 2.74. The van der Waals surface area contributed by atoms with Crippen molar-refractivity contribution >= 4 is 0 Å². The zero-order valence-corrected chi connectivity index (χ0v) is 6.56. The van der Waals surface area contributed by atoms with E-state index >= 15 is 0 Å². The van der Waals surface area contributed by atoms with E-state index in [4.69, 9.17) is 14.4 Å². The van der Waals surface area contributed by atoms with Crippen LogP contribution >= 0.6 is 0 Å². The zero-order chi connectivity index (χ0) is 8.39. The van der Waals surface area contributed by atoms with Crippen molar-refractivity contribution in [3.05, 3.63) is 24.2 Å². The highest BCUT2D eigenvalue weighted by atomic mass is 16.5. The van der Waals surface area contributed by atoms with Gasteiger partial charge in [-0.05, 0) is 12.5 Å². The summed E-state index contributed by atoms with van der Waals surface area (Å²) < 4.78 is 10.3. The lowest BCUT2D eigenvalue weighted by atomic mass is 9.99. The van der Waals surface area contributed by atoms with Gasteiger partial charge in [0, 0.05) is 12.2 Å². The number of hydrogen-bond donors (Lipinski definition) is 0. The van der Waals surface area contributed by atoms with Crippen molar-refractivity contribution in [2.24, 2.45) is 5.92 Å². The molecule has 1 aromatic heterocycles. The minimum absolute atomic E-state index is 0.0115. The van der Waals surface area contributed by atoms with Crippen molar-refractivity contribution in [2.45, 2.75) is 12.5 Å². The molecule has 2 heterocycles. The number of nitrogens with zero attached hydrogens (tertiary/aromatic N) is 1. The number of nitriles is 1. The Morgan fingerprint density at radius 2 is 2.50 bits per heavy atom. The summed E-state index contributed by atoms with van der Waals surface area (Å²) in [5, 5.41) is 8.77. The molecule has 0 radical (unpaired) electrons. The van der Waals surface area contributed by atoms with Gasteiger partial charge in [-0.25, -0.2) is 0 Å². The summed E-state index contributed by atoms with van der Waals surface area (Å²) in [7, 11) is 0. The predicted molar refractivity (Wildman–Crippen MR) is 41.1 cm³/mol. The van der Waals surface area contributed by atoms with Gasteiger partial charge in [0.05, 0.1) is 24.5 Å². The Morgan fingerprint density at radius 1 is 1.58 bits per heavy atom. The third-order valence-corrected chi connectivity index (χ3v) is 2.13. The Hall–Kier alpha value is -1.27. The molecular formula is C9H9NO2. The van der Waals surface area contributed by atoms with E-state index < -0.39 is 0 Å². The molecule has 3 nitrogen and oxygen atoms in total. The normalized spacial score (nSPS) is 28.6. The van der Waals surface area contributed by atoms with Crippen LogP contribution in [0, 0.1) is 17.2 Å². The fourth-order valence-corrected chi connectivity index (χ4v) is 1.49. The van der Waals surface area contributed by atoms with Gasteiger partial charge in [0.1, 0.15) is 6.10 Å². The minimum atomic E-state index is -0.0752. The summed E-state index contributed by atoms with van der Waals surface area (Å²) in [6.07, 6.45) is 3.99. The predicted octanol–water partition coefficient (Wildman–Crippen LogP) is 1.88. The number of furan rings is 1. The second-order valence-corrected chi connectivity index (χ2v) is 2.87. The molecule has 1 aromatic rings. The molecule has 2 rings (SSSR count). The highest BCUT2D eigenvalue weighted by molar-refractivity contribution is 5.14. The van der Waals surface area contributed by atoms with Crippen molar-refractivity contribution in [3.63, 3.8) is 0 Å². The molecule has 1 saturated heterocycles. The van der Waals surface area contributed by atoms with Gasteiger partial charge in [0.2, 0.25) is 0 Å². The molecule has 2 unspecified atom stereocenters. The highest BCUT2D eigenvalue weighted by Crippen LogP contribution is 2.33. The molecule has 12 heavy (non-hydrogen) atoms. The molecule has 0 aliphatic carbocycles. The molecule has 0 aromatic carbocycles. The molecule has 1 aliphatic heterocycles. The standard InChI is InChI=1S/C9H9NO2/c10-5-7-2-4-12-9(7)8-1-3-11-6-8/h1,3,6-7,9H,2,4H2. The van der Waals surface area contributed by atoms with Crippen LogP contribution in [0.5, 0.6) is 0 Å². The van der Waals surface area contributed by atoms with E-state index in [1.165, 1.54) is 0 Å². The van der Waals surface area contributed by atoms with Gasteiger partial charge in [0.15, 0.2) is 0 Å². The maximum Gasteiger partial charge on any atom is 0.101 e. The van der Waals surface area contributed by atoms with Crippen LogP contribution < -0.4 is 0 Å². The maximum absolute atomic E-state index is 8.77. The maximum atomic E-state index is 8.77. The quantitative estimate of drug-likeness (QED) is 0.635. The van der Waals surface area contributed by atoms with Crippen LogP contribution in [-0.2, 0) is 4.74 Å². The first-order valence-corrected chi connectivity index (χ1v) is 3.95. The molecule has 0 spiro atoms. The third-order valence-electron chi connectivity index (χ3n) is 2.13. The highest BCUT2D eigenvalue weighted by Gasteiger charge is 2.29. The first-order chi connectivity index (χ1) is 5.92. The van der Waals surface area contributed by atoms with Crippen molar-refractivity contribution in [1.29, 1.82) is 5.26 Å². The summed E-state index contributed by atoms with van der Waals surface area (Å²) in [5.74, 6) is -0.0115. The lowest BCUT2D eigenvalue weighted by Gasteiger charge is -2.08. The smallest absolute Gasteiger partial charge is 0.101 e. The Bertz CT molecular complexity index is 286. The zero-order valence-electron chi connectivity index (χ0n) is 6.56. The van der Waals surface area contributed by atoms with Gasteiger partial charge in [-0.3, -0.25) is 0 Å². The van der Waals surface area contributed by atoms with Gasteiger partial charge in [-0.1, -0.05) is 0 Å². The Kier molecular flexibility index (Phi) is 1.84. The van der Waals surface area contributed by atoms with Crippen LogP contribution in [0.4, 0.5) is 0 Å². The monoisotopic (exact) mass is 163 g/mol. The third kappa shape index (κ3) is 1.10. The molecule has 0 bridgehead atoms. The van der Waals surface area contributed by atoms with Crippen molar-refractivity contribution in [1.82, 2.24) is 0 Å². The van der Waals surface area contributed by atoms with Gasteiger partial charge in [-0.15, -0.1) is 0 Å². The lowest BCUT2D eigenvalue weighted by Crippen LogP contribution is -2.03. The van der Waals surface area contributed by atoms with Crippen LogP contribution in [0.3, 0.4) is 0 Å². The first-order valence-electron chi connectivity index (χ1n) is 3.95. The summed E-state index contributed by atoms with van der Waals surface area (Å²) in [6.45, 7) is 0.675. The van der Waals surface area contributed by atoms with Crippen molar-refractivity contribution < 1.29 is 9.15 Å². The van der Waals surface area contributed by atoms with Crippen LogP contribution in [0.25, 0.3) is 0 Å². The van der Waals surface area contributed by atoms with E-state index in [0.717, 1.165) is 12.0 Å². The van der Waals surface area contributed by atoms with Crippen LogP contribution in [0.15, 0.2) is 23.0 Å². The molecule has 0 amide bonds. The molecule has 3 heteroatoms. The number of rotatable bonds is 1. The summed E-state index contributed by atoms with van der Waals surface area (Å²) in [5.41, 5.74) is 0.971. The summed E-state index contributed by atoms with van der Waals surface area (Å²) >= 11 is 0. The summed E-state index contributed by atoms with van der Waals surface area (Å²) in [4.78, 5) is 0. The molecule has 62 valence electrons.